The van der Waals surface area contributed by atoms with Gasteiger partial charge in [-0.25, -0.2) is 0 Å². The third kappa shape index (κ3) is 3.14. The molecule has 0 atom stereocenters. The van der Waals surface area contributed by atoms with Crippen molar-refractivity contribution in [1.29, 1.82) is 0 Å². The largest absolute Gasteiger partial charge is 0.496 e. The molecule has 0 radical (unpaired) electrons. The van der Waals surface area contributed by atoms with E-state index < -0.39 is 0 Å². The van der Waals surface area contributed by atoms with E-state index in [1.165, 1.54) is 0 Å². The summed E-state index contributed by atoms with van der Waals surface area (Å²) < 4.78 is 5.33. The van der Waals surface area contributed by atoms with E-state index in [4.69, 9.17) is 4.74 Å². The Bertz CT molecular complexity index is 520. The van der Waals surface area contributed by atoms with Crippen LogP contribution in [-0.2, 0) is 6.42 Å². The quantitative estimate of drug-likeness (QED) is 0.855. The summed E-state index contributed by atoms with van der Waals surface area (Å²) in [6.45, 7) is 4.05. The molecule has 0 saturated heterocycles. The van der Waals surface area contributed by atoms with Crippen LogP contribution in [0, 0.1) is 0 Å². The van der Waals surface area contributed by atoms with Gasteiger partial charge in [-0.05, 0) is 23.8 Å². The fourth-order valence-electron chi connectivity index (χ4n) is 1.85. The fraction of sp³-hybridized carbons (Fsp3) is 0.125. The molecule has 2 heteroatoms. The first-order chi connectivity index (χ1) is 8.79. The van der Waals surface area contributed by atoms with E-state index in [9.17, 15) is 0 Å². The Morgan fingerprint density at radius 3 is 2.44 bits per heavy atom. The van der Waals surface area contributed by atoms with Crippen LogP contribution in [0.25, 0.3) is 0 Å². The predicted molar refractivity (Wildman–Crippen MR) is 75.9 cm³/mol. The summed E-state index contributed by atoms with van der Waals surface area (Å²) in [4.78, 5) is 0. The highest BCUT2D eigenvalue weighted by atomic mass is 16.5. The van der Waals surface area contributed by atoms with E-state index >= 15 is 0 Å². The molecule has 1 N–H and O–H groups in total. The minimum absolute atomic E-state index is 0.749. The van der Waals surface area contributed by atoms with Gasteiger partial charge in [0.05, 0.1) is 7.11 Å². The maximum atomic E-state index is 5.33. The summed E-state index contributed by atoms with van der Waals surface area (Å²) in [6, 6.07) is 18.0. The highest BCUT2D eigenvalue weighted by Gasteiger charge is 2.03. The van der Waals surface area contributed by atoms with Crippen molar-refractivity contribution in [2.45, 2.75) is 6.42 Å². The van der Waals surface area contributed by atoms with Gasteiger partial charge in [0, 0.05) is 17.8 Å². The number of rotatable bonds is 5. The molecule has 0 unspecified atom stereocenters. The van der Waals surface area contributed by atoms with Crippen molar-refractivity contribution >= 4 is 5.69 Å². The zero-order chi connectivity index (χ0) is 12.8. The Kier molecular flexibility index (Phi) is 4.02. The second-order valence-corrected chi connectivity index (χ2v) is 4.08. The first-order valence-electron chi connectivity index (χ1n) is 5.91. The number of allylic oxidation sites excluding steroid dienone is 1. The average molecular weight is 239 g/mol. The lowest BCUT2D eigenvalue weighted by Gasteiger charge is -2.12. The minimum Gasteiger partial charge on any atom is -0.496 e. The number of nitrogens with one attached hydrogen (secondary N) is 1. The van der Waals surface area contributed by atoms with Crippen molar-refractivity contribution in [3.05, 3.63) is 72.4 Å². The Labute approximate surface area is 108 Å². The van der Waals surface area contributed by atoms with Crippen molar-refractivity contribution in [2.24, 2.45) is 0 Å². The van der Waals surface area contributed by atoms with E-state index in [1.807, 2.05) is 48.5 Å². The Balaban J connectivity index is 2.03. The molecule has 2 rings (SSSR count). The molecule has 0 aliphatic heterocycles. The van der Waals surface area contributed by atoms with E-state index in [0.29, 0.717) is 0 Å². The monoisotopic (exact) mass is 239 g/mol. The number of benzene rings is 2. The molecule has 0 aliphatic rings. The van der Waals surface area contributed by atoms with E-state index in [-0.39, 0.29) is 0 Å². The van der Waals surface area contributed by atoms with Gasteiger partial charge in [-0.1, -0.05) is 43.0 Å². The molecule has 2 nitrogen and oxygen atoms in total. The fourth-order valence-corrected chi connectivity index (χ4v) is 1.85. The van der Waals surface area contributed by atoms with E-state index in [1.54, 1.807) is 7.11 Å². The van der Waals surface area contributed by atoms with Crippen LogP contribution in [0.15, 0.2) is 66.9 Å². The van der Waals surface area contributed by atoms with Gasteiger partial charge >= 0.3 is 0 Å². The number of hydrogen-bond donors (Lipinski definition) is 1. The molecular formula is C16H17NO. The first kappa shape index (κ1) is 12.2. The third-order valence-corrected chi connectivity index (χ3v) is 2.69. The van der Waals surface area contributed by atoms with Crippen molar-refractivity contribution in [2.75, 3.05) is 12.4 Å². The standard InChI is InChI=1S/C16H17NO/c1-13(17-15-9-4-3-5-10-15)12-14-8-6-7-11-16(14)18-2/h3-11,17H,1,12H2,2H3. The minimum atomic E-state index is 0.749. The molecule has 0 aromatic heterocycles. The smallest absolute Gasteiger partial charge is 0.122 e. The van der Waals surface area contributed by atoms with Gasteiger partial charge in [-0.15, -0.1) is 0 Å². The van der Waals surface area contributed by atoms with Gasteiger partial charge in [0.1, 0.15) is 5.75 Å². The molecular weight excluding hydrogens is 222 g/mol. The molecule has 0 saturated carbocycles. The van der Waals surface area contributed by atoms with Crippen LogP contribution in [0.1, 0.15) is 5.56 Å². The second-order valence-electron chi connectivity index (χ2n) is 4.08. The third-order valence-electron chi connectivity index (χ3n) is 2.69. The predicted octanol–water partition coefficient (Wildman–Crippen LogP) is 3.86. The van der Waals surface area contributed by atoms with Crippen LogP contribution >= 0.6 is 0 Å². The first-order valence-corrected chi connectivity index (χ1v) is 5.91. The van der Waals surface area contributed by atoms with Gasteiger partial charge in [0.2, 0.25) is 0 Å². The number of hydrogen-bond acceptors (Lipinski definition) is 2. The highest BCUT2D eigenvalue weighted by molar-refractivity contribution is 5.49. The number of anilines is 1. The molecule has 18 heavy (non-hydrogen) atoms. The van der Waals surface area contributed by atoms with Gasteiger partial charge in [0.15, 0.2) is 0 Å². The number of para-hydroxylation sites is 2. The molecule has 0 heterocycles. The van der Waals surface area contributed by atoms with Crippen LogP contribution in [0.3, 0.4) is 0 Å². The van der Waals surface area contributed by atoms with Gasteiger partial charge in [0.25, 0.3) is 0 Å². The lowest BCUT2D eigenvalue weighted by atomic mass is 10.1. The topological polar surface area (TPSA) is 21.3 Å². The molecule has 2 aromatic carbocycles. The van der Waals surface area contributed by atoms with Crippen molar-refractivity contribution < 1.29 is 4.74 Å². The summed E-state index contributed by atoms with van der Waals surface area (Å²) >= 11 is 0. The van der Waals surface area contributed by atoms with Crippen LogP contribution in [0.4, 0.5) is 5.69 Å². The van der Waals surface area contributed by atoms with Crippen LogP contribution in [0.2, 0.25) is 0 Å². The highest BCUT2D eigenvalue weighted by Crippen LogP contribution is 2.21. The summed E-state index contributed by atoms with van der Waals surface area (Å²) in [6.07, 6.45) is 0.749. The Hall–Kier alpha value is -2.22. The molecule has 0 spiro atoms. The van der Waals surface area contributed by atoms with Gasteiger partial charge < -0.3 is 10.1 Å². The summed E-state index contributed by atoms with van der Waals surface area (Å²) in [7, 11) is 1.69. The molecule has 0 bridgehead atoms. The normalized spacial score (nSPS) is 9.83. The van der Waals surface area contributed by atoms with E-state index in [0.717, 1.165) is 29.1 Å². The Morgan fingerprint density at radius 2 is 1.72 bits per heavy atom. The van der Waals surface area contributed by atoms with Crippen molar-refractivity contribution in [3.8, 4) is 5.75 Å². The molecule has 92 valence electrons. The van der Waals surface area contributed by atoms with Gasteiger partial charge in [-0.3, -0.25) is 0 Å². The lowest BCUT2D eigenvalue weighted by Crippen LogP contribution is -2.02. The zero-order valence-electron chi connectivity index (χ0n) is 10.5. The summed E-state index contributed by atoms with van der Waals surface area (Å²) in [5.74, 6) is 0.897. The van der Waals surface area contributed by atoms with Crippen molar-refractivity contribution in [3.63, 3.8) is 0 Å². The summed E-state index contributed by atoms with van der Waals surface area (Å²) in [5.41, 5.74) is 3.14. The molecule has 2 aromatic rings. The zero-order valence-corrected chi connectivity index (χ0v) is 10.5. The summed E-state index contributed by atoms with van der Waals surface area (Å²) in [5, 5.41) is 3.29. The molecule has 0 fully saturated rings. The maximum absolute atomic E-state index is 5.33. The number of methoxy groups -OCH3 is 1. The lowest BCUT2D eigenvalue weighted by molar-refractivity contribution is 0.410. The van der Waals surface area contributed by atoms with Crippen LogP contribution < -0.4 is 10.1 Å². The van der Waals surface area contributed by atoms with Crippen LogP contribution in [0.5, 0.6) is 5.75 Å². The maximum Gasteiger partial charge on any atom is 0.122 e. The van der Waals surface area contributed by atoms with Crippen LogP contribution in [-0.4, -0.2) is 7.11 Å². The molecule has 0 aliphatic carbocycles. The second kappa shape index (κ2) is 5.92. The SMILES string of the molecule is C=C(Cc1ccccc1OC)Nc1ccccc1. The Morgan fingerprint density at radius 1 is 1.06 bits per heavy atom. The molecule has 0 amide bonds. The number of ether oxygens (including phenoxy) is 1. The van der Waals surface area contributed by atoms with Gasteiger partial charge in [-0.2, -0.15) is 0 Å². The van der Waals surface area contributed by atoms with E-state index in [2.05, 4.69) is 18.0 Å². The van der Waals surface area contributed by atoms with Crippen molar-refractivity contribution in [1.82, 2.24) is 0 Å². The average Bonchev–Trinajstić information content (AvgIpc) is 2.40.